The predicted octanol–water partition coefficient (Wildman–Crippen LogP) is 3.70. The van der Waals surface area contributed by atoms with E-state index in [1.165, 1.54) is 4.88 Å². The van der Waals surface area contributed by atoms with E-state index in [1.807, 2.05) is 18.2 Å². The highest BCUT2D eigenvalue weighted by atomic mass is 32.1. The normalized spacial score (nSPS) is 18.1. The molecule has 1 unspecified atom stereocenters. The van der Waals surface area contributed by atoms with E-state index in [1.54, 1.807) is 11.3 Å². The van der Waals surface area contributed by atoms with Crippen LogP contribution >= 0.6 is 11.3 Å². The van der Waals surface area contributed by atoms with E-state index in [2.05, 4.69) is 35.7 Å². The Kier molecular flexibility index (Phi) is 3.44. The van der Waals surface area contributed by atoms with Crippen LogP contribution in [0.3, 0.4) is 0 Å². The molecule has 1 aliphatic rings. The summed E-state index contributed by atoms with van der Waals surface area (Å²) in [5.41, 5.74) is 1.10. The Morgan fingerprint density at radius 3 is 2.89 bits per heavy atom. The SMILES string of the molecule is C(=Cc1ccccc1OCC1CO1)c1cccs1. The Hall–Kier alpha value is -1.58. The molecule has 1 aliphatic heterocycles. The lowest BCUT2D eigenvalue weighted by atomic mass is 10.2. The molecular weight excluding hydrogens is 244 g/mol. The van der Waals surface area contributed by atoms with E-state index in [9.17, 15) is 0 Å². The zero-order valence-corrected chi connectivity index (χ0v) is 10.7. The van der Waals surface area contributed by atoms with Gasteiger partial charge in [-0.15, -0.1) is 11.3 Å². The molecule has 18 heavy (non-hydrogen) atoms. The average molecular weight is 258 g/mol. The van der Waals surface area contributed by atoms with Crippen LogP contribution < -0.4 is 4.74 Å². The van der Waals surface area contributed by atoms with Gasteiger partial charge in [-0.3, -0.25) is 0 Å². The van der Waals surface area contributed by atoms with Gasteiger partial charge in [-0.1, -0.05) is 24.3 Å². The Labute approximate surface area is 110 Å². The van der Waals surface area contributed by atoms with Gasteiger partial charge >= 0.3 is 0 Å². The van der Waals surface area contributed by atoms with Gasteiger partial charge in [0.05, 0.1) is 6.61 Å². The summed E-state index contributed by atoms with van der Waals surface area (Å²) in [7, 11) is 0. The Morgan fingerprint density at radius 2 is 2.11 bits per heavy atom. The van der Waals surface area contributed by atoms with E-state index >= 15 is 0 Å². The predicted molar refractivity (Wildman–Crippen MR) is 74.9 cm³/mol. The summed E-state index contributed by atoms with van der Waals surface area (Å²) in [5, 5.41) is 2.08. The highest BCUT2D eigenvalue weighted by Crippen LogP contribution is 2.23. The topological polar surface area (TPSA) is 21.8 Å². The Morgan fingerprint density at radius 1 is 1.22 bits per heavy atom. The summed E-state index contributed by atoms with van der Waals surface area (Å²) < 4.78 is 10.9. The van der Waals surface area contributed by atoms with Crippen molar-refractivity contribution in [2.45, 2.75) is 6.10 Å². The third-order valence-corrected chi connectivity index (χ3v) is 3.55. The van der Waals surface area contributed by atoms with E-state index in [-0.39, 0.29) is 0 Å². The van der Waals surface area contributed by atoms with Gasteiger partial charge in [-0.25, -0.2) is 0 Å². The maximum Gasteiger partial charge on any atom is 0.126 e. The van der Waals surface area contributed by atoms with Gasteiger partial charge in [-0.05, 0) is 29.7 Å². The molecule has 1 aromatic carbocycles. The summed E-state index contributed by atoms with van der Waals surface area (Å²) in [6.45, 7) is 1.47. The molecule has 0 aliphatic carbocycles. The van der Waals surface area contributed by atoms with Gasteiger partial charge in [0.2, 0.25) is 0 Å². The van der Waals surface area contributed by atoms with Crippen molar-refractivity contribution in [2.24, 2.45) is 0 Å². The molecule has 92 valence electrons. The molecule has 1 saturated heterocycles. The minimum Gasteiger partial charge on any atom is -0.490 e. The fourth-order valence-electron chi connectivity index (χ4n) is 1.65. The Balaban J connectivity index is 1.73. The molecule has 0 spiro atoms. The smallest absolute Gasteiger partial charge is 0.126 e. The quantitative estimate of drug-likeness (QED) is 0.763. The molecule has 3 rings (SSSR count). The second kappa shape index (κ2) is 5.38. The van der Waals surface area contributed by atoms with Crippen molar-refractivity contribution in [3.8, 4) is 5.75 Å². The number of ether oxygens (including phenoxy) is 2. The zero-order valence-electron chi connectivity index (χ0n) is 9.91. The second-order valence-electron chi connectivity index (χ2n) is 4.15. The van der Waals surface area contributed by atoms with E-state index in [0.717, 1.165) is 17.9 Å². The maximum atomic E-state index is 5.76. The van der Waals surface area contributed by atoms with Gasteiger partial charge in [0.15, 0.2) is 0 Å². The lowest BCUT2D eigenvalue weighted by molar-refractivity contribution is 0.262. The molecule has 2 aromatic rings. The van der Waals surface area contributed by atoms with Gasteiger partial charge in [0.25, 0.3) is 0 Å². The van der Waals surface area contributed by atoms with E-state index in [0.29, 0.717) is 12.7 Å². The van der Waals surface area contributed by atoms with Crippen LogP contribution in [0.4, 0.5) is 0 Å². The fourth-order valence-corrected chi connectivity index (χ4v) is 2.27. The first-order valence-corrected chi connectivity index (χ1v) is 6.85. The molecule has 3 heteroatoms. The molecule has 0 bridgehead atoms. The Bertz CT molecular complexity index is 527. The van der Waals surface area contributed by atoms with Crippen molar-refractivity contribution < 1.29 is 9.47 Å². The number of hydrogen-bond acceptors (Lipinski definition) is 3. The molecule has 0 N–H and O–H groups in total. The summed E-state index contributed by atoms with van der Waals surface area (Å²) in [5.74, 6) is 0.917. The average Bonchev–Trinajstić information content (AvgIpc) is 3.09. The maximum absolute atomic E-state index is 5.76. The highest BCUT2D eigenvalue weighted by Gasteiger charge is 2.23. The summed E-state index contributed by atoms with van der Waals surface area (Å²) in [6.07, 6.45) is 4.49. The van der Waals surface area contributed by atoms with Crippen LogP contribution in [0.1, 0.15) is 10.4 Å². The molecule has 2 nitrogen and oxygen atoms in total. The first kappa shape index (κ1) is 11.5. The first-order valence-electron chi connectivity index (χ1n) is 5.97. The molecule has 1 aromatic heterocycles. The fraction of sp³-hybridized carbons (Fsp3) is 0.200. The van der Waals surface area contributed by atoms with Crippen LogP contribution in [0, 0.1) is 0 Å². The minimum atomic E-state index is 0.291. The van der Waals surface area contributed by atoms with Crippen molar-refractivity contribution >= 4 is 23.5 Å². The van der Waals surface area contributed by atoms with Crippen molar-refractivity contribution in [3.63, 3.8) is 0 Å². The zero-order chi connectivity index (χ0) is 12.2. The summed E-state index contributed by atoms with van der Waals surface area (Å²) in [6, 6.07) is 12.2. The van der Waals surface area contributed by atoms with Gasteiger partial charge in [0.1, 0.15) is 18.5 Å². The van der Waals surface area contributed by atoms with Gasteiger partial charge in [-0.2, -0.15) is 0 Å². The number of epoxide rings is 1. The molecule has 1 fully saturated rings. The first-order chi connectivity index (χ1) is 8.92. The summed E-state index contributed by atoms with van der Waals surface area (Å²) >= 11 is 1.73. The second-order valence-corrected chi connectivity index (χ2v) is 5.13. The van der Waals surface area contributed by atoms with Gasteiger partial charge < -0.3 is 9.47 Å². The molecule has 0 saturated carbocycles. The molecule has 0 radical (unpaired) electrons. The van der Waals surface area contributed by atoms with Crippen LogP contribution in [0.15, 0.2) is 41.8 Å². The van der Waals surface area contributed by atoms with Crippen LogP contribution in [-0.2, 0) is 4.74 Å². The highest BCUT2D eigenvalue weighted by molar-refractivity contribution is 7.10. The largest absolute Gasteiger partial charge is 0.490 e. The van der Waals surface area contributed by atoms with E-state index in [4.69, 9.17) is 9.47 Å². The number of thiophene rings is 1. The van der Waals surface area contributed by atoms with Crippen molar-refractivity contribution in [1.82, 2.24) is 0 Å². The van der Waals surface area contributed by atoms with Crippen molar-refractivity contribution in [3.05, 3.63) is 52.2 Å². The monoisotopic (exact) mass is 258 g/mol. The summed E-state index contributed by atoms with van der Waals surface area (Å²) in [4.78, 5) is 1.25. The molecule has 2 heterocycles. The van der Waals surface area contributed by atoms with Crippen LogP contribution in [0.5, 0.6) is 5.75 Å². The van der Waals surface area contributed by atoms with Gasteiger partial charge in [0, 0.05) is 10.4 Å². The van der Waals surface area contributed by atoms with E-state index < -0.39 is 0 Å². The van der Waals surface area contributed by atoms with Crippen LogP contribution in [-0.4, -0.2) is 19.3 Å². The number of benzene rings is 1. The van der Waals surface area contributed by atoms with Crippen LogP contribution in [0.25, 0.3) is 12.2 Å². The lowest BCUT2D eigenvalue weighted by Crippen LogP contribution is -2.04. The third-order valence-electron chi connectivity index (χ3n) is 2.72. The lowest BCUT2D eigenvalue weighted by Gasteiger charge is -2.07. The molecule has 1 atom stereocenters. The standard InChI is InChI=1S/C15H14O2S/c1-2-6-15(17-11-13-10-16-13)12(4-1)7-8-14-5-3-9-18-14/h1-9,13H,10-11H2. The number of rotatable bonds is 5. The van der Waals surface area contributed by atoms with Crippen LogP contribution in [0.2, 0.25) is 0 Å². The molecular formula is C15H14O2S. The third kappa shape index (κ3) is 3.00. The molecule has 0 amide bonds. The van der Waals surface area contributed by atoms with Crippen molar-refractivity contribution in [1.29, 1.82) is 0 Å². The number of hydrogen-bond donors (Lipinski definition) is 0. The number of para-hydroxylation sites is 1. The van der Waals surface area contributed by atoms with Crippen molar-refractivity contribution in [2.75, 3.05) is 13.2 Å². The minimum absolute atomic E-state index is 0.291.